The Bertz CT molecular complexity index is 623. The van der Waals surface area contributed by atoms with Gasteiger partial charge in [0.1, 0.15) is 0 Å². The van der Waals surface area contributed by atoms with Crippen LogP contribution in [-0.4, -0.2) is 48.7 Å². The highest BCUT2D eigenvalue weighted by Gasteiger charge is 2.08. The van der Waals surface area contributed by atoms with E-state index in [4.69, 9.17) is 10.2 Å². The lowest BCUT2D eigenvalue weighted by atomic mass is 10.0. The summed E-state index contributed by atoms with van der Waals surface area (Å²) < 4.78 is 43.4. The number of hydrogen-bond donors (Lipinski definition) is 2. The summed E-state index contributed by atoms with van der Waals surface area (Å²) in [6, 6.07) is 0. The molecular formula is C14H22O8S2. The van der Waals surface area contributed by atoms with E-state index >= 15 is 0 Å². The van der Waals surface area contributed by atoms with E-state index in [0.717, 1.165) is 25.7 Å². The van der Waals surface area contributed by atoms with Gasteiger partial charge in [0.15, 0.2) is 0 Å². The maximum atomic E-state index is 10.8. The molecule has 0 spiro atoms. The highest BCUT2D eigenvalue weighted by molar-refractivity contribution is 7.73. The summed E-state index contributed by atoms with van der Waals surface area (Å²) in [6.45, 7) is 0. The fourth-order valence-corrected chi connectivity index (χ4v) is 3.25. The maximum absolute atomic E-state index is 10.8. The van der Waals surface area contributed by atoms with Crippen molar-refractivity contribution >= 4 is 42.3 Å². The molecule has 0 aliphatic heterocycles. The smallest absolute Gasteiger partial charge is 0.308 e. The van der Waals surface area contributed by atoms with Crippen molar-refractivity contribution in [2.45, 2.75) is 64.2 Å². The first kappa shape index (κ1) is 22.3. The predicted octanol–water partition coefficient (Wildman–Crippen LogP) is 1.16. The molecule has 24 heavy (non-hydrogen) atoms. The molecule has 0 amide bonds. The Balaban J connectivity index is 3.92. The lowest BCUT2D eigenvalue weighted by Crippen LogP contribution is -2.08. The zero-order valence-corrected chi connectivity index (χ0v) is 14.9. The van der Waals surface area contributed by atoms with Gasteiger partial charge in [0, 0.05) is 0 Å². The fraction of sp³-hybridized carbons (Fsp3) is 0.714. The Morgan fingerprint density at radius 3 is 1.12 bits per heavy atom. The van der Waals surface area contributed by atoms with Crippen molar-refractivity contribution in [3.05, 3.63) is 0 Å². The molecular weight excluding hydrogens is 360 g/mol. The molecule has 0 rings (SSSR count). The van der Waals surface area contributed by atoms with Crippen LogP contribution in [-0.2, 0) is 30.2 Å². The molecule has 0 radical (unpaired) electrons. The van der Waals surface area contributed by atoms with Crippen LogP contribution in [0.1, 0.15) is 64.2 Å². The Hall–Kier alpha value is -1.68. The maximum Gasteiger partial charge on any atom is 0.308 e. The van der Waals surface area contributed by atoms with Crippen LogP contribution in [0.15, 0.2) is 0 Å². The highest BCUT2D eigenvalue weighted by Crippen LogP contribution is 2.10. The first-order valence-corrected chi connectivity index (χ1v) is 9.70. The zero-order valence-electron chi connectivity index (χ0n) is 13.2. The number of unbranched alkanes of at least 4 members (excludes halogenated alkanes) is 5. The second-order valence-corrected chi connectivity index (χ2v) is 7.40. The molecule has 0 aromatic heterocycles. The SMILES string of the molecule is O=C(O)CC(CCCCCCCCC(CC(=O)O)=S(=O)=O)=S(=O)=O. The molecule has 0 bridgehead atoms. The predicted molar refractivity (Wildman–Crippen MR) is 89.3 cm³/mol. The van der Waals surface area contributed by atoms with Gasteiger partial charge in [-0.1, -0.05) is 25.7 Å². The number of carboxylic acids is 2. The van der Waals surface area contributed by atoms with Gasteiger partial charge in [0.05, 0.1) is 22.6 Å². The monoisotopic (exact) mass is 382 g/mol. The summed E-state index contributed by atoms with van der Waals surface area (Å²) in [5.74, 6) is -2.34. The van der Waals surface area contributed by atoms with Crippen molar-refractivity contribution in [1.29, 1.82) is 0 Å². The van der Waals surface area contributed by atoms with E-state index in [9.17, 15) is 26.4 Å². The van der Waals surface area contributed by atoms with Crippen LogP contribution in [0.25, 0.3) is 0 Å². The molecule has 0 aliphatic rings. The molecule has 0 aliphatic carbocycles. The van der Waals surface area contributed by atoms with Gasteiger partial charge in [-0.15, -0.1) is 0 Å². The van der Waals surface area contributed by atoms with Crippen LogP contribution in [0.3, 0.4) is 0 Å². The molecule has 0 fully saturated rings. The average molecular weight is 382 g/mol. The first-order valence-electron chi connectivity index (χ1n) is 7.55. The summed E-state index contributed by atoms with van der Waals surface area (Å²) >= 11 is 0. The highest BCUT2D eigenvalue weighted by atomic mass is 32.2. The number of rotatable bonds is 13. The summed E-state index contributed by atoms with van der Waals surface area (Å²) in [4.78, 5) is 21.0. The van der Waals surface area contributed by atoms with Crippen molar-refractivity contribution in [3.8, 4) is 0 Å². The van der Waals surface area contributed by atoms with Gasteiger partial charge >= 0.3 is 11.9 Å². The Morgan fingerprint density at radius 1 is 0.583 bits per heavy atom. The molecule has 0 heterocycles. The molecule has 0 unspecified atom stereocenters. The van der Waals surface area contributed by atoms with E-state index in [0.29, 0.717) is 12.8 Å². The van der Waals surface area contributed by atoms with Crippen LogP contribution in [0.5, 0.6) is 0 Å². The third kappa shape index (κ3) is 11.8. The van der Waals surface area contributed by atoms with Crippen LogP contribution < -0.4 is 0 Å². The summed E-state index contributed by atoms with van der Waals surface area (Å²) in [5.41, 5.74) is 0. The van der Waals surface area contributed by atoms with Crippen LogP contribution in [0.4, 0.5) is 0 Å². The Labute approximate surface area is 143 Å². The molecule has 0 saturated carbocycles. The fourth-order valence-electron chi connectivity index (χ4n) is 2.15. The minimum absolute atomic E-state index is 0.00617. The molecule has 0 aromatic rings. The molecule has 2 N–H and O–H groups in total. The molecule has 0 saturated heterocycles. The molecule has 10 heteroatoms. The van der Waals surface area contributed by atoms with E-state index in [2.05, 4.69) is 0 Å². The van der Waals surface area contributed by atoms with Gasteiger partial charge in [0.25, 0.3) is 0 Å². The van der Waals surface area contributed by atoms with Gasteiger partial charge in [0.2, 0.25) is 20.6 Å². The average Bonchev–Trinajstić information content (AvgIpc) is 2.46. The normalized spacial score (nSPS) is 10.2. The van der Waals surface area contributed by atoms with Crippen molar-refractivity contribution in [1.82, 2.24) is 0 Å². The summed E-state index contributed by atoms with van der Waals surface area (Å²) in [7, 11) is -4.94. The number of hydrogen-bond acceptors (Lipinski definition) is 6. The van der Waals surface area contributed by atoms with Crippen molar-refractivity contribution in [2.24, 2.45) is 0 Å². The third-order valence-corrected chi connectivity index (χ3v) is 4.97. The second-order valence-electron chi connectivity index (χ2n) is 5.31. The zero-order chi connectivity index (χ0) is 18.5. The van der Waals surface area contributed by atoms with E-state index in [1.807, 2.05) is 0 Å². The number of carbonyl (C=O) groups is 2. The lowest BCUT2D eigenvalue weighted by Gasteiger charge is -2.03. The third-order valence-electron chi connectivity index (χ3n) is 3.33. The van der Waals surface area contributed by atoms with E-state index in [-0.39, 0.29) is 22.6 Å². The lowest BCUT2D eigenvalue weighted by molar-refractivity contribution is -0.136. The largest absolute Gasteiger partial charge is 0.481 e. The quantitative estimate of drug-likeness (QED) is 0.357. The molecule has 138 valence electrons. The molecule has 8 nitrogen and oxygen atoms in total. The number of aliphatic carboxylic acids is 2. The van der Waals surface area contributed by atoms with Gasteiger partial charge in [-0.3, -0.25) is 9.59 Å². The minimum atomic E-state index is -2.47. The topological polar surface area (TPSA) is 143 Å². The standard InChI is InChI=1S/C14H22O8S2/c15-13(16)9-11(23(19)20)7-5-3-1-2-4-6-8-12(24(21)22)10-14(17)18/h1-10H2,(H,15,16)(H,17,18). The second kappa shape index (κ2) is 12.7. The van der Waals surface area contributed by atoms with Crippen molar-refractivity contribution in [2.75, 3.05) is 0 Å². The summed E-state index contributed by atoms with van der Waals surface area (Å²) in [5, 5.41) is 17.2. The first-order chi connectivity index (χ1) is 11.2. The summed E-state index contributed by atoms with van der Waals surface area (Å²) in [6.07, 6.45) is 3.83. The molecule has 0 atom stereocenters. The van der Waals surface area contributed by atoms with E-state index < -0.39 is 45.4 Å². The van der Waals surface area contributed by atoms with Gasteiger partial charge in [-0.25, -0.2) is 0 Å². The minimum Gasteiger partial charge on any atom is -0.481 e. The van der Waals surface area contributed by atoms with Gasteiger partial charge in [-0.05, 0) is 25.7 Å². The van der Waals surface area contributed by atoms with Crippen molar-refractivity contribution < 1.29 is 36.6 Å². The van der Waals surface area contributed by atoms with Gasteiger partial charge in [-0.2, -0.15) is 16.8 Å². The number of carboxylic acid groups (broad SMARTS) is 2. The van der Waals surface area contributed by atoms with E-state index in [1.54, 1.807) is 0 Å². The van der Waals surface area contributed by atoms with Crippen LogP contribution >= 0.6 is 0 Å². The Kier molecular flexibility index (Phi) is 11.8. The van der Waals surface area contributed by atoms with Gasteiger partial charge < -0.3 is 10.2 Å². The van der Waals surface area contributed by atoms with E-state index in [1.165, 1.54) is 0 Å². The Morgan fingerprint density at radius 2 is 0.875 bits per heavy atom. The van der Waals surface area contributed by atoms with Crippen molar-refractivity contribution in [3.63, 3.8) is 0 Å². The molecule has 0 aromatic carbocycles. The van der Waals surface area contributed by atoms with Crippen LogP contribution in [0.2, 0.25) is 0 Å². The van der Waals surface area contributed by atoms with Crippen LogP contribution in [0, 0.1) is 0 Å².